The maximum absolute atomic E-state index is 13.0. The van der Waals surface area contributed by atoms with Crippen molar-refractivity contribution in [1.82, 2.24) is 10.2 Å². The summed E-state index contributed by atoms with van der Waals surface area (Å²) in [4.78, 5) is 27.3. The normalized spacial score (nSPS) is 10.8. The Morgan fingerprint density at radius 3 is 2.48 bits per heavy atom. The molecule has 2 aromatic rings. The largest absolute Gasteiger partial charge is 0.346 e. The van der Waals surface area contributed by atoms with Crippen molar-refractivity contribution in [3.05, 3.63) is 47.1 Å². The van der Waals surface area contributed by atoms with Gasteiger partial charge in [0.05, 0.1) is 19.6 Å². The van der Waals surface area contributed by atoms with Crippen molar-refractivity contribution in [2.45, 2.75) is 26.4 Å². The summed E-state index contributed by atoms with van der Waals surface area (Å²) in [6.07, 6.45) is 0. The molecule has 0 bridgehead atoms. The second kappa shape index (κ2) is 8.73. The van der Waals surface area contributed by atoms with Gasteiger partial charge < -0.3 is 16.0 Å². The van der Waals surface area contributed by atoms with Crippen LogP contribution in [0.4, 0.5) is 4.39 Å². The Morgan fingerprint density at radius 1 is 1.20 bits per heavy atom. The first-order valence-electron chi connectivity index (χ1n) is 8.01. The molecule has 7 heteroatoms. The Bertz CT molecular complexity index is 728. The van der Waals surface area contributed by atoms with Gasteiger partial charge in [0.2, 0.25) is 11.8 Å². The zero-order valence-corrected chi connectivity index (χ0v) is 15.1. The van der Waals surface area contributed by atoms with Crippen LogP contribution in [0.15, 0.2) is 36.4 Å². The van der Waals surface area contributed by atoms with Crippen LogP contribution in [0.2, 0.25) is 0 Å². The van der Waals surface area contributed by atoms with Gasteiger partial charge in [-0.2, -0.15) is 0 Å². The lowest BCUT2D eigenvalue weighted by Gasteiger charge is -2.26. The first-order chi connectivity index (χ1) is 11.9. The predicted molar refractivity (Wildman–Crippen MR) is 97.5 cm³/mol. The van der Waals surface area contributed by atoms with Crippen LogP contribution in [-0.2, 0) is 16.1 Å². The number of nitrogens with two attached hydrogens (primary N) is 1. The van der Waals surface area contributed by atoms with E-state index >= 15 is 0 Å². The van der Waals surface area contributed by atoms with E-state index in [-0.39, 0.29) is 36.8 Å². The second-order valence-corrected chi connectivity index (χ2v) is 7.04. The highest BCUT2D eigenvalue weighted by molar-refractivity contribution is 7.15. The smallest absolute Gasteiger partial charge is 0.242 e. The van der Waals surface area contributed by atoms with Crippen molar-refractivity contribution in [1.29, 1.82) is 0 Å². The molecule has 2 rings (SSSR count). The van der Waals surface area contributed by atoms with E-state index in [2.05, 4.69) is 5.32 Å². The highest BCUT2D eigenvalue weighted by Crippen LogP contribution is 2.29. The highest BCUT2D eigenvalue weighted by atomic mass is 32.1. The van der Waals surface area contributed by atoms with Crippen LogP contribution in [0.3, 0.4) is 0 Å². The van der Waals surface area contributed by atoms with Gasteiger partial charge in [-0.25, -0.2) is 4.39 Å². The van der Waals surface area contributed by atoms with E-state index in [0.717, 1.165) is 15.3 Å². The molecular formula is C18H22FN3O2S. The molecule has 0 radical (unpaired) electrons. The Balaban J connectivity index is 2.06. The van der Waals surface area contributed by atoms with Crippen molar-refractivity contribution < 1.29 is 14.0 Å². The molecule has 0 unspecified atom stereocenters. The number of hydrogen-bond donors (Lipinski definition) is 2. The summed E-state index contributed by atoms with van der Waals surface area (Å²) in [6.45, 7) is 4.11. The minimum Gasteiger partial charge on any atom is -0.346 e. The number of rotatable bonds is 7. The minimum absolute atomic E-state index is 0.00125. The Labute approximate surface area is 150 Å². The summed E-state index contributed by atoms with van der Waals surface area (Å²) in [6, 6.07) is 10.3. The van der Waals surface area contributed by atoms with Gasteiger partial charge in [0.25, 0.3) is 0 Å². The number of thiophene rings is 1. The van der Waals surface area contributed by atoms with Gasteiger partial charge in [-0.15, -0.1) is 11.3 Å². The molecule has 25 heavy (non-hydrogen) atoms. The molecule has 0 spiro atoms. The Hall–Kier alpha value is -2.25. The van der Waals surface area contributed by atoms with Gasteiger partial charge in [-0.3, -0.25) is 9.59 Å². The number of benzene rings is 1. The minimum atomic E-state index is -0.355. The van der Waals surface area contributed by atoms with Gasteiger partial charge in [0.1, 0.15) is 5.82 Å². The molecule has 5 nitrogen and oxygen atoms in total. The summed E-state index contributed by atoms with van der Waals surface area (Å²) < 4.78 is 13.0. The third-order valence-corrected chi connectivity index (χ3v) is 4.80. The van der Waals surface area contributed by atoms with E-state index in [1.807, 2.05) is 26.0 Å². The number of halogens is 1. The van der Waals surface area contributed by atoms with Gasteiger partial charge in [-0.1, -0.05) is 12.1 Å². The summed E-state index contributed by atoms with van der Waals surface area (Å²) >= 11 is 1.56. The Morgan fingerprint density at radius 2 is 1.88 bits per heavy atom. The van der Waals surface area contributed by atoms with E-state index in [0.29, 0.717) is 6.54 Å². The lowest BCUT2D eigenvalue weighted by Crippen LogP contribution is -2.44. The number of carbonyl (C=O) groups excluding carboxylic acids is 2. The molecule has 1 aromatic heterocycles. The maximum Gasteiger partial charge on any atom is 0.242 e. The van der Waals surface area contributed by atoms with Crippen molar-refractivity contribution in [3.63, 3.8) is 0 Å². The van der Waals surface area contributed by atoms with Gasteiger partial charge in [0, 0.05) is 15.8 Å². The zero-order chi connectivity index (χ0) is 18.4. The fraction of sp³-hybridized carbons (Fsp3) is 0.333. The maximum atomic E-state index is 13.0. The fourth-order valence-corrected chi connectivity index (χ4v) is 3.32. The predicted octanol–water partition coefficient (Wildman–Crippen LogP) is 2.37. The van der Waals surface area contributed by atoms with Gasteiger partial charge in [-0.05, 0) is 43.7 Å². The average molecular weight is 363 g/mol. The molecule has 0 aliphatic rings. The molecular weight excluding hydrogens is 341 g/mol. The molecule has 3 N–H and O–H groups in total. The Kier molecular flexibility index (Phi) is 6.66. The molecule has 0 saturated carbocycles. The van der Waals surface area contributed by atoms with Crippen LogP contribution in [0.1, 0.15) is 18.7 Å². The number of nitrogens with zero attached hydrogens (tertiary/aromatic N) is 1. The lowest BCUT2D eigenvalue weighted by molar-refractivity contribution is -0.134. The SMILES string of the molecule is CC(C)N(Cc1ccc(-c2ccc(F)cc2)s1)C(=O)CNC(=O)CN. The molecule has 0 saturated heterocycles. The van der Waals surface area contributed by atoms with Crippen LogP contribution in [0, 0.1) is 5.82 Å². The van der Waals surface area contributed by atoms with Crippen LogP contribution in [0.5, 0.6) is 0 Å². The second-order valence-electron chi connectivity index (χ2n) is 5.87. The topological polar surface area (TPSA) is 75.4 Å². The molecule has 0 fully saturated rings. The number of carbonyl (C=O) groups is 2. The van der Waals surface area contributed by atoms with Crippen LogP contribution in [0.25, 0.3) is 10.4 Å². The van der Waals surface area contributed by atoms with E-state index in [9.17, 15) is 14.0 Å². The monoisotopic (exact) mass is 363 g/mol. The first-order valence-corrected chi connectivity index (χ1v) is 8.83. The quantitative estimate of drug-likeness (QED) is 0.793. The fourth-order valence-electron chi connectivity index (χ4n) is 2.31. The van der Waals surface area contributed by atoms with Crippen molar-refractivity contribution in [2.75, 3.05) is 13.1 Å². The van der Waals surface area contributed by atoms with Gasteiger partial charge >= 0.3 is 0 Å². The molecule has 1 aromatic carbocycles. The van der Waals surface area contributed by atoms with E-state index < -0.39 is 0 Å². The third-order valence-electron chi connectivity index (χ3n) is 3.68. The number of amides is 2. The summed E-state index contributed by atoms with van der Waals surface area (Å²) in [5.74, 6) is -0.781. The van der Waals surface area contributed by atoms with Crippen molar-refractivity contribution in [3.8, 4) is 10.4 Å². The highest BCUT2D eigenvalue weighted by Gasteiger charge is 2.18. The number of nitrogens with one attached hydrogen (secondary N) is 1. The van der Waals surface area contributed by atoms with E-state index in [1.165, 1.54) is 12.1 Å². The van der Waals surface area contributed by atoms with E-state index in [4.69, 9.17) is 5.73 Å². The van der Waals surface area contributed by atoms with Crippen LogP contribution in [-0.4, -0.2) is 35.8 Å². The third kappa shape index (κ3) is 5.37. The van der Waals surface area contributed by atoms with Crippen molar-refractivity contribution >= 4 is 23.2 Å². The lowest BCUT2D eigenvalue weighted by atomic mass is 10.2. The molecule has 0 aliphatic heterocycles. The van der Waals surface area contributed by atoms with Crippen LogP contribution < -0.4 is 11.1 Å². The average Bonchev–Trinajstić information content (AvgIpc) is 3.06. The van der Waals surface area contributed by atoms with E-state index in [1.54, 1.807) is 28.4 Å². The number of hydrogen-bond acceptors (Lipinski definition) is 4. The summed E-state index contributed by atoms with van der Waals surface area (Å²) in [5.41, 5.74) is 6.17. The summed E-state index contributed by atoms with van der Waals surface area (Å²) in [7, 11) is 0. The molecule has 1 heterocycles. The zero-order valence-electron chi connectivity index (χ0n) is 14.3. The van der Waals surface area contributed by atoms with Crippen molar-refractivity contribution in [2.24, 2.45) is 5.73 Å². The molecule has 2 amide bonds. The molecule has 0 atom stereocenters. The molecule has 134 valence electrons. The summed E-state index contributed by atoms with van der Waals surface area (Å²) in [5, 5.41) is 2.50. The van der Waals surface area contributed by atoms with Gasteiger partial charge in [0.15, 0.2) is 0 Å². The first kappa shape index (κ1) is 19.1. The molecule has 0 aliphatic carbocycles. The standard InChI is InChI=1S/C18H22FN3O2S/c1-12(2)22(18(24)10-21-17(23)9-20)11-15-7-8-16(25-15)13-3-5-14(19)6-4-13/h3-8,12H,9-11,20H2,1-2H3,(H,21,23). The van der Waals surface area contributed by atoms with Crippen LogP contribution >= 0.6 is 11.3 Å².